The number of ether oxygens (including phenoxy) is 2. The molecule has 0 saturated heterocycles. The van der Waals surface area contributed by atoms with Crippen molar-refractivity contribution in [1.82, 2.24) is 0 Å². The summed E-state index contributed by atoms with van der Waals surface area (Å²) in [4.78, 5) is 31.9. The fourth-order valence-corrected chi connectivity index (χ4v) is 1.21. The quantitative estimate of drug-likeness (QED) is 0.215. The van der Waals surface area contributed by atoms with Gasteiger partial charge in [-0.25, -0.2) is 4.79 Å². The van der Waals surface area contributed by atoms with Gasteiger partial charge < -0.3 is 9.47 Å². The van der Waals surface area contributed by atoms with E-state index in [2.05, 4.69) is 9.47 Å². The van der Waals surface area contributed by atoms with E-state index in [1.807, 2.05) is 0 Å². The number of unbranched alkanes of at least 4 members (excludes halogenated alkanes) is 1. The van der Waals surface area contributed by atoms with Crippen molar-refractivity contribution in [3.05, 3.63) is 21.9 Å². The Morgan fingerprint density at radius 2 is 1.89 bits per heavy atom. The maximum absolute atomic E-state index is 11.1. The third-order valence-corrected chi connectivity index (χ3v) is 2.10. The molecule has 0 N–H and O–H groups in total. The fourth-order valence-electron chi connectivity index (χ4n) is 1.21. The standard InChI is InChI=1S/C11H17NO6/c1-3-18-11(14)8-9(12(15)16)6-4-5-7-10(13)17-2/h8H,3-7H2,1-2H3/b9-8-. The summed E-state index contributed by atoms with van der Waals surface area (Å²) < 4.78 is 9.03. The van der Waals surface area contributed by atoms with E-state index in [4.69, 9.17) is 0 Å². The molecule has 0 heterocycles. The van der Waals surface area contributed by atoms with E-state index in [1.165, 1.54) is 7.11 Å². The number of nitrogens with zero attached hydrogens (tertiary/aromatic N) is 1. The summed E-state index contributed by atoms with van der Waals surface area (Å²) in [5, 5.41) is 10.7. The minimum atomic E-state index is -0.725. The third kappa shape index (κ3) is 7.37. The van der Waals surface area contributed by atoms with Crippen molar-refractivity contribution in [3.8, 4) is 0 Å². The van der Waals surface area contributed by atoms with Gasteiger partial charge in [0.2, 0.25) is 0 Å². The van der Waals surface area contributed by atoms with Crippen LogP contribution in [0.15, 0.2) is 11.8 Å². The zero-order valence-corrected chi connectivity index (χ0v) is 10.5. The molecule has 0 aliphatic heterocycles. The van der Waals surface area contributed by atoms with Crippen LogP contribution in [0.5, 0.6) is 0 Å². The first-order valence-corrected chi connectivity index (χ1v) is 5.59. The van der Waals surface area contributed by atoms with Gasteiger partial charge in [0.05, 0.1) is 24.7 Å². The second-order valence-corrected chi connectivity index (χ2v) is 3.43. The summed E-state index contributed by atoms with van der Waals surface area (Å²) >= 11 is 0. The number of nitro groups is 1. The molecule has 0 saturated carbocycles. The predicted octanol–water partition coefficient (Wildman–Crippen LogP) is 1.44. The number of methoxy groups -OCH3 is 1. The van der Waals surface area contributed by atoms with E-state index in [9.17, 15) is 19.7 Å². The van der Waals surface area contributed by atoms with Gasteiger partial charge in [0.25, 0.3) is 5.70 Å². The van der Waals surface area contributed by atoms with Gasteiger partial charge in [-0.2, -0.15) is 0 Å². The molecule has 102 valence electrons. The van der Waals surface area contributed by atoms with Crippen LogP contribution in [-0.2, 0) is 19.1 Å². The summed E-state index contributed by atoms with van der Waals surface area (Å²) in [6.45, 7) is 1.79. The Labute approximate surface area is 105 Å². The van der Waals surface area contributed by atoms with Crippen LogP contribution in [0.4, 0.5) is 0 Å². The van der Waals surface area contributed by atoms with Gasteiger partial charge in [-0.1, -0.05) is 0 Å². The molecule has 0 amide bonds. The Morgan fingerprint density at radius 1 is 1.28 bits per heavy atom. The highest BCUT2D eigenvalue weighted by atomic mass is 16.6. The predicted molar refractivity (Wildman–Crippen MR) is 62.2 cm³/mol. The molecule has 0 radical (unpaired) electrons. The molecular weight excluding hydrogens is 242 g/mol. The zero-order valence-electron chi connectivity index (χ0n) is 10.5. The van der Waals surface area contributed by atoms with E-state index >= 15 is 0 Å². The fraction of sp³-hybridized carbons (Fsp3) is 0.636. The minimum Gasteiger partial charge on any atom is -0.469 e. The third-order valence-electron chi connectivity index (χ3n) is 2.10. The maximum atomic E-state index is 11.1. The van der Waals surface area contributed by atoms with E-state index in [0.717, 1.165) is 6.08 Å². The minimum absolute atomic E-state index is 0.114. The number of rotatable bonds is 8. The Balaban J connectivity index is 4.17. The van der Waals surface area contributed by atoms with E-state index in [1.54, 1.807) is 6.92 Å². The van der Waals surface area contributed by atoms with Crippen LogP contribution in [0.25, 0.3) is 0 Å². The second kappa shape index (κ2) is 9.15. The van der Waals surface area contributed by atoms with Crippen LogP contribution in [0.1, 0.15) is 32.6 Å². The van der Waals surface area contributed by atoms with Crippen molar-refractivity contribution in [1.29, 1.82) is 0 Å². The average Bonchev–Trinajstić information content (AvgIpc) is 2.32. The van der Waals surface area contributed by atoms with Crippen molar-refractivity contribution >= 4 is 11.9 Å². The van der Waals surface area contributed by atoms with Crippen LogP contribution in [0, 0.1) is 10.1 Å². The van der Waals surface area contributed by atoms with Crippen molar-refractivity contribution in [2.75, 3.05) is 13.7 Å². The molecule has 0 rings (SSSR count). The molecule has 0 atom stereocenters. The Bertz CT molecular complexity index is 336. The molecule has 0 aliphatic rings. The largest absolute Gasteiger partial charge is 0.469 e. The van der Waals surface area contributed by atoms with Crippen LogP contribution >= 0.6 is 0 Å². The molecule has 0 bridgehead atoms. The topological polar surface area (TPSA) is 95.7 Å². The molecule has 0 fully saturated rings. The lowest BCUT2D eigenvalue weighted by Crippen LogP contribution is -2.06. The molecule has 18 heavy (non-hydrogen) atoms. The zero-order chi connectivity index (χ0) is 14.0. The van der Waals surface area contributed by atoms with Crippen molar-refractivity contribution < 1.29 is 24.0 Å². The van der Waals surface area contributed by atoms with Gasteiger partial charge in [0, 0.05) is 12.8 Å². The molecule has 0 spiro atoms. The summed E-state index contributed by atoms with van der Waals surface area (Å²) in [7, 11) is 1.28. The highest BCUT2D eigenvalue weighted by Gasteiger charge is 2.14. The first-order chi connectivity index (χ1) is 8.51. The van der Waals surface area contributed by atoms with Gasteiger partial charge in [0.1, 0.15) is 0 Å². The van der Waals surface area contributed by atoms with Gasteiger partial charge in [0.15, 0.2) is 0 Å². The van der Waals surface area contributed by atoms with Crippen LogP contribution in [-0.4, -0.2) is 30.6 Å². The molecule has 0 aromatic rings. The van der Waals surface area contributed by atoms with Gasteiger partial charge in [-0.15, -0.1) is 0 Å². The Morgan fingerprint density at radius 3 is 2.39 bits per heavy atom. The monoisotopic (exact) mass is 259 g/mol. The summed E-state index contributed by atoms with van der Waals surface area (Å²) in [6.07, 6.45) is 2.10. The normalized spacial score (nSPS) is 10.9. The molecule has 7 nitrogen and oxygen atoms in total. The lowest BCUT2D eigenvalue weighted by molar-refractivity contribution is -0.428. The van der Waals surface area contributed by atoms with Crippen molar-refractivity contribution in [3.63, 3.8) is 0 Å². The Kier molecular flexibility index (Phi) is 8.17. The average molecular weight is 259 g/mol. The first kappa shape index (κ1) is 16.1. The van der Waals surface area contributed by atoms with Gasteiger partial charge >= 0.3 is 11.9 Å². The van der Waals surface area contributed by atoms with Crippen molar-refractivity contribution in [2.45, 2.75) is 32.6 Å². The van der Waals surface area contributed by atoms with Crippen LogP contribution in [0.3, 0.4) is 0 Å². The van der Waals surface area contributed by atoms with Crippen molar-refractivity contribution in [2.24, 2.45) is 0 Å². The molecule has 0 aromatic heterocycles. The molecule has 0 unspecified atom stereocenters. The highest BCUT2D eigenvalue weighted by Crippen LogP contribution is 2.10. The second-order valence-electron chi connectivity index (χ2n) is 3.43. The summed E-state index contributed by atoms with van der Waals surface area (Å²) in [5.41, 5.74) is -0.210. The van der Waals surface area contributed by atoms with Gasteiger partial charge in [-0.05, 0) is 19.8 Å². The molecule has 7 heteroatoms. The summed E-state index contributed by atoms with van der Waals surface area (Å²) in [5.74, 6) is -1.08. The summed E-state index contributed by atoms with van der Waals surface area (Å²) in [6, 6.07) is 0. The van der Waals surface area contributed by atoms with Crippen LogP contribution in [0.2, 0.25) is 0 Å². The lowest BCUT2D eigenvalue weighted by Gasteiger charge is -2.00. The Hall–Kier alpha value is -1.92. The number of esters is 2. The van der Waals surface area contributed by atoms with E-state index < -0.39 is 10.9 Å². The molecule has 0 aromatic carbocycles. The van der Waals surface area contributed by atoms with E-state index in [-0.39, 0.29) is 31.1 Å². The molecular formula is C11H17NO6. The van der Waals surface area contributed by atoms with Crippen LogP contribution < -0.4 is 0 Å². The number of carbonyl (C=O) groups is 2. The maximum Gasteiger partial charge on any atom is 0.337 e. The van der Waals surface area contributed by atoms with Gasteiger partial charge in [-0.3, -0.25) is 14.9 Å². The SMILES string of the molecule is CCOC(=O)/C=C(/CCCCC(=O)OC)[N+](=O)[O-]. The smallest absolute Gasteiger partial charge is 0.337 e. The first-order valence-electron chi connectivity index (χ1n) is 5.59. The number of hydrogen-bond donors (Lipinski definition) is 0. The number of carbonyl (C=O) groups excluding carboxylic acids is 2. The number of allylic oxidation sites excluding steroid dienone is 1. The highest BCUT2D eigenvalue weighted by molar-refractivity contribution is 5.82. The molecule has 0 aliphatic carbocycles. The van der Waals surface area contributed by atoms with E-state index in [0.29, 0.717) is 12.8 Å². The lowest BCUT2D eigenvalue weighted by atomic mass is 10.1. The number of hydrogen-bond acceptors (Lipinski definition) is 6.